The number of allylic oxidation sites excluding steroid dienone is 5. The first-order valence-corrected chi connectivity index (χ1v) is 34.9. The van der Waals surface area contributed by atoms with E-state index in [4.69, 9.17) is 9.05 Å². The number of aliphatic hydroxyl groups is 1. The molecule has 0 aliphatic rings. The Morgan fingerprint density at radius 1 is 0.434 bits per heavy atom. The van der Waals surface area contributed by atoms with Gasteiger partial charge in [-0.3, -0.25) is 13.8 Å². The molecule has 0 aromatic rings. The normalized spacial score (nSPS) is 13.9. The van der Waals surface area contributed by atoms with Crippen LogP contribution in [0.4, 0.5) is 0 Å². The Morgan fingerprint density at radius 2 is 0.724 bits per heavy atom. The van der Waals surface area contributed by atoms with Gasteiger partial charge in [0.05, 0.1) is 39.9 Å². The summed E-state index contributed by atoms with van der Waals surface area (Å²) in [4.78, 5) is 23.4. The Bertz CT molecular complexity index is 1330. The second kappa shape index (κ2) is 58.4. The first-order chi connectivity index (χ1) is 37.0. The van der Waals surface area contributed by atoms with Gasteiger partial charge in [-0.05, 0) is 44.9 Å². The number of rotatable bonds is 62. The Hall–Kier alpha value is -1.28. The number of carbonyl (C=O) groups is 1. The Balaban J connectivity index is 4.13. The van der Waals surface area contributed by atoms with Crippen molar-refractivity contribution in [1.29, 1.82) is 0 Å². The minimum absolute atomic E-state index is 0.0553. The zero-order chi connectivity index (χ0) is 55.6. The van der Waals surface area contributed by atoms with Crippen LogP contribution in [-0.2, 0) is 18.4 Å². The summed E-state index contributed by atoms with van der Waals surface area (Å²) in [5.41, 5.74) is 0. The van der Waals surface area contributed by atoms with Gasteiger partial charge in [0.25, 0.3) is 0 Å². The van der Waals surface area contributed by atoms with E-state index in [-0.39, 0.29) is 19.1 Å². The van der Waals surface area contributed by atoms with Crippen LogP contribution >= 0.6 is 7.82 Å². The standard InChI is InChI=1S/C67H131N2O6P/c1-6-8-10-12-14-16-18-20-22-24-26-28-30-31-32-33-34-35-36-37-38-39-40-42-44-46-48-50-52-54-56-58-60-66(70)65(64-75-76(72,73)74-63-62-69(3,4)5)68-67(71)61-59-57-55-53-51-49-47-45-43-41-29-27-25-23-21-19-17-15-13-11-9-7-2/h42,44,50,52,58,60,65-66,70H,6-41,43,45-49,51,53-57,59,61-64H2,1-5H3,(H-,68,71,72,73)/p+1/b44-42+,52-50+,60-58+. The van der Waals surface area contributed by atoms with Crippen molar-refractivity contribution in [1.82, 2.24) is 5.32 Å². The molecular weight excluding hydrogens is 960 g/mol. The van der Waals surface area contributed by atoms with Gasteiger partial charge in [-0.1, -0.05) is 320 Å². The van der Waals surface area contributed by atoms with Gasteiger partial charge in [0.1, 0.15) is 13.2 Å². The van der Waals surface area contributed by atoms with Crippen LogP contribution in [0.3, 0.4) is 0 Å². The van der Waals surface area contributed by atoms with Gasteiger partial charge in [0, 0.05) is 6.42 Å². The van der Waals surface area contributed by atoms with E-state index in [0.29, 0.717) is 17.4 Å². The van der Waals surface area contributed by atoms with Gasteiger partial charge in [0.2, 0.25) is 5.91 Å². The summed E-state index contributed by atoms with van der Waals surface area (Å²) in [5, 5.41) is 14.0. The van der Waals surface area contributed by atoms with Crippen LogP contribution in [0.25, 0.3) is 0 Å². The second-order valence-corrected chi connectivity index (χ2v) is 25.6. The predicted molar refractivity (Wildman–Crippen MR) is 332 cm³/mol. The molecule has 0 spiro atoms. The molecular formula is C67H132N2O6P+. The largest absolute Gasteiger partial charge is 0.472 e. The quantitative estimate of drug-likeness (QED) is 0.0243. The van der Waals surface area contributed by atoms with Gasteiger partial charge in [-0.2, -0.15) is 0 Å². The van der Waals surface area contributed by atoms with E-state index in [1.165, 1.54) is 270 Å². The van der Waals surface area contributed by atoms with E-state index in [1.54, 1.807) is 6.08 Å². The molecule has 0 rings (SSSR count). The van der Waals surface area contributed by atoms with E-state index in [1.807, 2.05) is 27.2 Å². The molecule has 8 nitrogen and oxygen atoms in total. The molecule has 9 heteroatoms. The molecule has 3 atom stereocenters. The number of aliphatic hydroxyl groups excluding tert-OH is 1. The van der Waals surface area contributed by atoms with Gasteiger partial charge < -0.3 is 19.8 Å². The van der Waals surface area contributed by atoms with Gasteiger partial charge in [-0.15, -0.1) is 0 Å². The maximum Gasteiger partial charge on any atom is 0.472 e. The van der Waals surface area contributed by atoms with E-state index in [0.717, 1.165) is 44.9 Å². The Kier molecular flexibility index (Phi) is 57.4. The second-order valence-electron chi connectivity index (χ2n) is 24.2. The molecule has 0 saturated heterocycles. The fourth-order valence-corrected chi connectivity index (χ4v) is 10.9. The fourth-order valence-electron chi connectivity index (χ4n) is 10.1. The summed E-state index contributed by atoms with van der Waals surface area (Å²) >= 11 is 0. The molecule has 3 N–H and O–H groups in total. The minimum atomic E-state index is -4.36. The number of amides is 1. The molecule has 0 heterocycles. The number of phosphoric acid groups is 1. The highest BCUT2D eigenvalue weighted by molar-refractivity contribution is 7.47. The summed E-state index contributed by atoms with van der Waals surface area (Å²) in [6.45, 7) is 4.84. The highest BCUT2D eigenvalue weighted by Crippen LogP contribution is 2.43. The van der Waals surface area contributed by atoms with Crippen molar-refractivity contribution in [3.8, 4) is 0 Å². The van der Waals surface area contributed by atoms with Crippen molar-refractivity contribution in [2.45, 2.75) is 347 Å². The predicted octanol–water partition coefficient (Wildman–Crippen LogP) is 20.9. The molecule has 1 amide bonds. The molecule has 0 radical (unpaired) electrons. The Labute approximate surface area is 474 Å². The monoisotopic (exact) mass is 1090 g/mol. The fraction of sp³-hybridized carbons (Fsp3) is 0.896. The summed E-state index contributed by atoms with van der Waals surface area (Å²) in [6.07, 6.45) is 77.2. The number of hydrogen-bond donors (Lipinski definition) is 3. The lowest BCUT2D eigenvalue weighted by Crippen LogP contribution is -2.45. The summed E-state index contributed by atoms with van der Waals surface area (Å²) in [7, 11) is 1.56. The van der Waals surface area contributed by atoms with E-state index in [9.17, 15) is 19.4 Å². The third kappa shape index (κ3) is 60.4. The van der Waals surface area contributed by atoms with Crippen LogP contribution in [0.5, 0.6) is 0 Å². The third-order valence-electron chi connectivity index (χ3n) is 15.3. The number of carbonyl (C=O) groups excluding carboxylic acids is 1. The molecule has 0 aromatic heterocycles. The zero-order valence-corrected chi connectivity index (χ0v) is 52.4. The maximum absolute atomic E-state index is 13.0. The van der Waals surface area contributed by atoms with Gasteiger partial charge >= 0.3 is 7.82 Å². The van der Waals surface area contributed by atoms with Crippen LogP contribution in [0, 0.1) is 0 Å². The van der Waals surface area contributed by atoms with Crippen molar-refractivity contribution in [3.05, 3.63) is 36.5 Å². The molecule has 76 heavy (non-hydrogen) atoms. The van der Waals surface area contributed by atoms with Crippen molar-refractivity contribution in [2.75, 3.05) is 40.9 Å². The maximum atomic E-state index is 13.0. The molecule has 0 aromatic carbocycles. The SMILES string of the molecule is CCCCCCCCCCCCCCCCCCCCCCCC/C=C/CC/C=C/CC/C=C/C(O)C(COP(=O)(O)OCC[N+](C)(C)C)NC(=O)CCCCCCCCCCCCCCCCCCCCCCCC. The smallest absolute Gasteiger partial charge is 0.387 e. The first-order valence-electron chi connectivity index (χ1n) is 33.4. The number of quaternary nitrogens is 1. The summed E-state index contributed by atoms with van der Waals surface area (Å²) in [5.74, 6) is -0.184. The van der Waals surface area contributed by atoms with Crippen molar-refractivity contribution >= 4 is 13.7 Å². The average molecular weight is 1090 g/mol. The average Bonchev–Trinajstić information content (AvgIpc) is 3.38. The topological polar surface area (TPSA) is 105 Å². The first kappa shape index (κ1) is 74.7. The Morgan fingerprint density at radius 3 is 1.05 bits per heavy atom. The lowest BCUT2D eigenvalue weighted by atomic mass is 10.0. The number of nitrogens with one attached hydrogen (secondary N) is 1. The van der Waals surface area contributed by atoms with Crippen molar-refractivity contribution in [3.63, 3.8) is 0 Å². The summed E-state index contributed by atoms with van der Waals surface area (Å²) < 4.78 is 23.8. The molecule has 0 bridgehead atoms. The summed E-state index contributed by atoms with van der Waals surface area (Å²) in [6, 6.07) is -0.869. The van der Waals surface area contributed by atoms with Crippen LogP contribution in [0.15, 0.2) is 36.5 Å². The van der Waals surface area contributed by atoms with Gasteiger partial charge in [0.15, 0.2) is 0 Å². The molecule has 3 unspecified atom stereocenters. The number of likely N-dealkylation sites (N-methyl/N-ethyl adjacent to an activating group) is 1. The zero-order valence-electron chi connectivity index (χ0n) is 51.5. The molecule has 0 aliphatic heterocycles. The number of phosphoric ester groups is 1. The minimum Gasteiger partial charge on any atom is -0.387 e. The molecule has 0 aliphatic carbocycles. The van der Waals surface area contributed by atoms with Gasteiger partial charge in [-0.25, -0.2) is 4.57 Å². The van der Waals surface area contributed by atoms with Crippen molar-refractivity contribution in [2.24, 2.45) is 0 Å². The van der Waals surface area contributed by atoms with E-state index >= 15 is 0 Å². The van der Waals surface area contributed by atoms with E-state index < -0.39 is 20.0 Å². The molecule has 450 valence electrons. The molecule has 0 fully saturated rings. The number of hydrogen-bond acceptors (Lipinski definition) is 5. The lowest BCUT2D eigenvalue weighted by molar-refractivity contribution is -0.870. The van der Waals surface area contributed by atoms with E-state index in [2.05, 4.69) is 43.5 Å². The lowest BCUT2D eigenvalue weighted by Gasteiger charge is -2.25. The van der Waals surface area contributed by atoms with Crippen molar-refractivity contribution < 1.29 is 32.9 Å². The number of nitrogens with zero attached hydrogens (tertiary/aromatic N) is 1. The molecule has 0 saturated carbocycles. The van der Waals surface area contributed by atoms with Crippen LogP contribution < -0.4 is 5.32 Å². The van der Waals surface area contributed by atoms with Crippen LogP contribution in [0.1, 0.15) is 335 Å². The highest BCUT2D eigenvalue weighted by Gasteiger charge is 2.28. The number of unbranched alkanes of at least 4 members (excludes halogenated alkanes) is 45. The van der Waals surface area contributed by atoms with Crippen LogP contribution in [0.2, 0.25) is 0 Å². The highest BCUT2D eigenvalue weighted by atomic mass is 31.2. The third-order valence-corrected chi connectivity index (χ3v) is 16.3. The van der Waals surface area contributed by atoms with Crippen LogP contribution in [-0.4, -0.2) is 73.4 Å².